The summed E-state index contributed by atoms with van der Waals surface area (Å²) >= 11 is 0. The Morgan fingerprint density at radius 2 is 2.05 bits per heavy atom. The number of ether oxygens (including phenoxy) is 2. The minimum absolute atomic E-state index is 0.143. The summed E-state index contributed by atoms with van der Waals surface area (Å²) in [4.78, 5) is 25.2. The summed E-state index contributed by atoms with van der Waals surface area (Å²) in [6.45, 7) is 1.39. The van der Waals surface area contributed by atoms with Crippen LogP contribution in [-0.2, 0) is 20.9 Å². The molecule has 0 radical (unpaired) electrons. The summed E-state index contributed by atoms with van der Waals surface area (Å²) in [5.41, 5.74) is 0.926. The van der Waals surface area contributed by atoms with Crippen molar-refractivity contribution in [1.82, 2.24) is 4.90 Å². The van der Waals surface area contributed by atoms with Crippen molar-refractivity contribution in [3.05, 3.63) is 35.9 Å². The van der Waals surface area contributed by atoms with Gasteiger partial charge in [0.2, 0.25) is 0 Å². The second kappa shape index (κ2) is 6.36. The van der Waals surface area contributed by atoms with Gasteiger partial charge in [0.05, 0.1) is 25.2 Å². The molecule has 0 saturated carbocycles. The van der Waals surface area contributed by atoms with Gasteiger partial charge in [-0.25, -0.2) is 4.79 Å². The fourth-order valence-electron chi connectivity index (χ4n) is 3.26. The van der Waals surface area contributed by atoms with Crippen LogP contribution in [0.1, 0.15) is 12.0 Å². The Morgan fingerprint density at radius 3 is 2.77 bits per heavy atom. The topological polar surface area (TPSA) is 76.1 Å². The summed E-state index contributed by atoms with van der Waals surface area (Å²) < 4.78 is 10.8. The number of hydrogen-bond donors (Lipinski definition) is 1. The number of aliphatic carboxylic acids is 1. The van der Waals surface area contributed by atoms with Gasteiger partial charge in [-0.3, -0.25) is 4.79 Å². The van der Waals surface area contributed by atoms with E-state index in [-0.39, 0.29) is 18.6 Å². The highest BCUT2D eigenvalue weighted by Crippen LogP contribution is 2.34. The third kappa shape index (κ3) is 2.92. The zero-order valence-electron chi connectivity index (χ0n) is 12.2. The standard InChI is InChI=1S/C16H19NO5/c18-15(19)12-6-7-17(14-10-21-9-13(12)14)16(20)22-8-11-4-2-1-3-5-11/h1-5,12-14H,6-10H2,(H,18,19)/t12-,13+,14-/m1/s1. The Balaban J connectivity index is 1.62. The Bertz CT molecular complexity index is 547. The van der Waals surface area contributed by atoms with Crippen LogP contribution in [0.3, 0.4) is 0 Å². The molecule has 1 aromatic rings. The van der Waals surface area contributed by atoms with Gasteiger partial charge in [0.25, 0.3) is 0 Å². The van der Waals surface area contributed by atoms with E-state index in [1.54, 1.807) is 4.90 Å². The van der Waals surface area contributed by atoms with Gasteiger partial charge >= 0.3 is 12.1 Å². The van der Waals surface area contributed by atoms with Gasteiger partial charge in [-0.05, 0) is 12.0 Å². The molecule has 0 unspecified atom stereocenters. The van der Waals surface area contributed by atoms with E-state index in [1.807, 2.05) is 30.3 Å². The molecule has 2 heterocycles. The van der Waals surface area contributed by atoms with Crippen molar-refractivity contribution in [1.29, 1.82) is 0 Å². The zero-order valence-corrected chi connectivity index (χ0v) is 12.2. The van der Waals surface area contributed by atoms with E-state index < -0.39 is 18.0 Å². The highest BCUT2D eigenvalue weighted by atomic mass is 16.6. The van der Waals surface area contributed by atoms with Crippen molar-refractivity contribution in [2.75, 3.05) is 19.8 Å². The van der Waals surface area contributed by atoms with Crippen LogP contribution in [0.25, 0.3) is 0 Å². The summed E-state index contributed by atoms with van der Waals surface area (Å²) in [5.74, 6) is -1.39. The smallest absolute Gasteiger partial charge is 0.410 e. The summed E-state index contributed by atoms with van der Waals surface area (Å²) in [7, 11) is 0. The zero-order chi connectivity index (χ0) is 15.5. The monoisotopic (exact) mass is 305 g/mol. The van der Waals surface area contributed by atoms with Gasteiger partial charge in [-0.1, -0.05) is 30.3 Å². The van der Waals surface area contributed by atoms with Crippen molar-refractivity contribution in [3.8, 4) is 0 Å². The molecule has 3 rings (SSSR count). The number of carbonyl (C=O) groups excluding carboxylic acids is 1. The largest absolute Gasteiger partial charge is 0.481 e. The Hall–Kier alpha value is -2.08. The van der Waals surface area contributed by atoms with Gasteiger partial charge in [-0.2, -0.15) is 0 Å². The van der Waals surface area contributed by atoms with Crippen molar-refractivity contribution < 1.29 is 24.2 Å². The quantitative estimate of drug-likeness (QED) is 0.920. The van der Waals surface area contributed by atoms with Crippen LogP contribution in [0, 0.1) is 11.8 Å². The maximum atomic E-state index is 12.3. The molecule has 6 nitrogen and oxygen atoms in total. The number of rotatable bonds is 3. The third-order valence-corrected chi connectivity index (χ3v) is 4.45. The Kier molecular flexibility index (Phi) is 4.29. The van der Waals surface area contributed by atoms with Crippen LogP contribution in [0.5, 0.6) is 0 Å². The van der Waals surface area contributed by atoms with Crippen molar-refractivity contribution in [2.45, 2.75) is 19.1 Å². The lowest BCUT2D eigenvalue weighted by Gasteiger charge is -2.38. The predicted octanol–water partition coefficient (Wildman–Crippen LogP) is 1.74. The van der Waals surface area contributed by atoms with E-state index in [0.717, 1.165) is 5.56 Å². The number of piperidine rings is 1. The van der Waals surface area contributed by atoms with Crippen LogP contribution in [0.15, 0.2) is 30.3 Å². The maximum absolute atomic E-state index is 12.3. The lowest BCUT2D eigenvalue weighted by Crippen LogP contribution is -2.52. The normalized spacial score (nSPS) is 27.3. The van der Waals surface area contributed by atoms with E-state index in [0.29, 0.717) is 26.2 Å². The van der Waals surface area contributed by atoms with Crippen LogP contribution >= 0.6 is 0 Å². The van der Waals surface area contributed by atoms with Crippen molar-refractivity contribution in [2.24, 2.45) is 11.8 Å². The van der Waals surface area contributed by atoms with E-state index in [1.165, 1.54) is 0 Å². The molecule has 0 spiro atoms. The molecule has 1 N–H and O–H groups in total. The number of nitrogens with zero attached hydrogens (tertiary/aromatic N) is 1. The second-order valence-corrected chi connectivity index (χ2v) is 5.74. The molecule has 6 heteroatoms. The highest BCUT2D eigenvalue weighted by Gasteiger charge is 2.46. The number of fused-ring (bicyclic) bond motifs is 1. The highest BCUT2D eigenvalue weighted by molar-refractivity contribution is 5.73. The first kappa shape index (κ1) is 14.8. The molecule has 0 bridgehead atoms. The Morgan fingerprint density at radius 1 is 1.27 bits per heavy atom. The molecule has 22 heavy (non-hydrogen) atoms. The van der Waals surface area contributed by atoms with Crippen LogP contribution in [0.4, 0.5) is 4.79 Å². The van der Waals surface area contributed by atoms with Crippen LogP contribution in [0.2, 0.25) is 0 Å². The van der Waals surface area contributed by atoms with Crippen molar-refractivity contribution in [3.63, 3.8) is 0 Å². The molecular weight excluding hydrogens is 286 g/mol. The number of hydrogen-bond acceptors (Lipinski definition) is 4. The molecule has 0 aliphatic carbocycles. The fraction of sp³-hybridized carbons (Fsp3) is 0.500. The number of benzene rings is 1. The SMILES string of the molecule is O=C(O)[C@@H]1CCN(C(=O)OCc2ccccc2)[C@@H]2COC[C@H]21. The van der Waals surface area contributed by atoms with Gasteiger partial charge in [-0.15, -0.1) is 0 Å². The van der Waals surface area contributed by atoms with Gasteiger partial charge in [0.15, 0.2) is 0 Å². The van der Waals surface area contributed by atoms with Crippen LogP contribution in [-0.4, -0.2) is 47.9 Å². The molecular formula is C16H19NO5. The molecule has 2 aliphatic rings. The number of likely N-dealkylation sites (tertiary alicyclic amines) is 1. The maximum Gasteiger partial charge on any atom is 0.410 e. The first-order valence-electron chi connectivity index (χ1n) is 7.44. The summed E-state index contributed by atoms with van der Waals surface area (Å²) in [6.07, 6.45) is 0.0495. The van der Waals surface area contributed by atoms with E-state index in [4.69, 9.17) is 9.47 Å². The van der Waals surface area contributed by atoms with Crippen molar-refractivity contribution >= 4 is 12.1 Å². The summed E-state index contributed by atoms with van der Waals surface area (Å²) in [6, 6.07) is 9.28. The number of carboxylic acid groups (broad SMARTS) is 1. The third-order valence-electron chi connectivity index (χ3n) is 4.45. The van der Waals surface area contributed by atoms with E-state index in [2.05, 4.69) is 0 Å². The molecule has 2 fully saturated rings. The number of carboxylic acids is 1. The summed E-state index contributed by atoms with van der Waals surface area (Å²) in [5, 5.41) is 9.27. The first-order valence-corrected chi connectivity index (χ1v) is 7.44. The van der Waals surface area contributed by atoms with Gasteiger partial charge in [0.1, 0.15) is 6.61 Å². The second-order valence-electron chi connectivity index (χ2n) is 5.74. The fourth-order valence-corrected chi connectivity index (χ4v) is 3.26. The number of carbonyl (C=O) groups is 2. The molecule has 1 amide bonds. The minimum atomic E-state index is -0.808. The predicted molar refractivity (Wildman–Crippen MR) is 77.2 cm³/mol. The van der Waals surface area contributed by atoms with Crippen LogP contribution < -0.4 is 0 Å². The molecule has 3 atom stereocenters. The lowest BCUT2D eigenvalue weighted by molar-refractivity contribution is -0.146. The van der Waals surface area contributed by atoms with E-state index in [9.17, 15) is 14.7 Å². The molecule has 2 saturated heterocycles. The molecule has 118 valence electrons. The molecule has 0 aromatic heterocycles. The van der Waals surface area contributed by atoms with Gasteiger partial charge in [0, 0.05) is 12.5 Å². The number of amides is 1. The Labute approximate surface area is 128 Å². The lowest BCUT2D eigenvalue weighted by atomic mass is 9.82. The van der Waals surface area contributed by atoms with E-state index >= 15 is 0 Å². The minimum Gasteiger partial charge on any atom is -0.481 e. The first-order chi connectivity index (χ1) is 10.7. The molecule has 1 aromatic carbocycles. The average Bonchev–Trinajstić information content (AvgIpc) is 3.02. The molecule has 2 aliphatic heterocycles. The van der Waals surface area contributed by atoms with Gasteiger partial charge < -0.3 is 19.5 Å². The average molecular weight is 305 g/mol.